The van der Waals surface area contributed by atoms with Crippen LogP contribution >= 0.6 is 11.3 Å². The molecule has 0 aromatic carbocycles. The molecule has 2 heterocycles. The van der Waals surface area contributed by atoms with Crippen molar-refractivity contribution in [2.75, 3.05) is 13.2 Å². The second-order valence-corrected chi connectivity index (χ2v) is 5.36. The van der Waals surface area contributed by atoms with Crippen LogP contribution in [0.1, 0.15) is 30.7 Å². The van der Waals surface area contributed by atoms with Crippen LogP contribution < -0.4 is 0 Å². The summed E-state index contributed by atoms with van der Waals surface area (Å²) in [5.41, 5.74) is 1.08. The Hall–Kier alpha value is -1.37. The van der Waals surface area contributed by atoms with E-state index in [0.717, 1.165) is 12.0 Å². The highest BCUT2D eigenvalue weighted by Gasteiger charge is 2.28. The summed E-state index contributed by atoms with van der Waals surface area (Å²) in [4.78, 5) is 11.1. The van der Waals surface area contributed by atoms with Gasteiger partial charge in [-0.3, -0.25) is 0 Å². The molecule has 0 spiro atoms. The van der Waals surface area contributed by atoms with Gasteiger partial charge in [-0.15, -0.1) is 0 Å². The number of carbonyl (C=O) groups is 1. The average Bonchev–Trinajstić information content (AvgIpc) is 2.97. The summed E-state index contributed by atoms with van der Waals surface area (Å²) >= 11 is 1.58. The van der Waals surface area contributed by atoms with Crippen LogP contribution in [0.25, 0.3) is 0 Å². The van der Waals surface area contributed by atoms with E-state index in [9.17, 15) is 4.79 Å². The summed E-state index contributed by atoms with van der Waals surface area (Å²) in [5.74, 6) is -1.13. The van der Waals surface area contributed by atoms with Gasteiger partial charge in [0.1, 0.15) is 0 Å². The molecule has 1 aromatic rings. The number of allylic oxidation sites excluding steroid dienone is 1. The molecule has 20 heavy (non-hydrogen) atoms. The van der Waals surface area contributed by atoms with E-state index in [2.05, 4.69) is 0 Å². The monoisotopic (exact) mass is 298 g/mol. The number of ether oxygens (including phenoxy) is 2. The van der Waals surface area contributed by atoms with E-state index >= 15 is 0 Å². The fourth-order valence-corrected chi connectivity index (χ4v) is 2.78. The molecule has 6 heteroatoms. The van der Waals surface area contributed by atoms with Crippen molar-refractivity contribution in [3.8, 4) is 0 Å². The van der Waals surface area contributed by atoms with E-state index in [4.69, 9.17) is 19.7 Å². The lowest BCUT2D eigenvalue weighted by Gasteiger charge is -2.27. The molecule has 1 aromatic heterocycles. The van der Waals surface area contributed by atoms with Gasteiger partial charge >= 0.3 is 5.97 Å². The highest BCUT2D eigenvalue weighted by Crippen LogP contribution is 2.32. The van der Waals surface area contributed by atoms with Crippen LogP contribution in [0.3, 0.4) is 0 Å². The minimum Gasteiger partial charge on any atom is -0.475 e. The lowest BCUT2D eigenvalue weighted by Crippen LogP contribution is -2.27. The van der Waals surface area contributed by atoms with E-state index in [0.29, 0.717) is 19.4 Å². The largest absolute Gasteiger partial charge is 0.475 e. The maximum Gasteiger partial charge on any atom is 0.370 e. The van der Waals surface area contributed by atoms with Gasteiger partial charge in [-0.1, -0.05) is 0 Å². The van der Waals surface area contributed by atoms with Crippen molar-refractivity contribution >= 4 is 17.3 Å². The van der Waals surface area contributed by atoms with Crippen molar-refractivity contribution in [1.82, 2.24) is 0 Å². The third-order valence-corrected chi connectivity index (χ3v) is 3.80. The molecule has 110 valence electrons. The minimum atomic E-state index is -1.08. The quantitative estimate of drug-likeness (QED) is 0.756. The standard InChI is InChI=1S/C14H18O5S/c15-4-1-2-5-18-13-8-11(10-3-6-20-9-10)7-12(19-13)14(16)17/h3,6-7,9,11,13,15H,1-2,4-5,8H2,(H,16,17)/t11-,13+/m0/s1. The molecular weight excluding hydrogens is 280 g/mol. The first-order valence-corrected chi connectivity index (χ1v) is 7.51. The van der Waals surface area contributed by atoms with E-state index in [1.165, 1.54) is 0 Å². The average molecular weight is 298 g/mol. The van der Waals surface area contributed by atoms with Crippen LogP contribution in [0.15, 0.2) is 28.7 Å². The number of carboxylic acids is 1. The Kier molecular flexibility index (Phi) is 5.58. The number of thiophene rings is 1. The van der Waals surface area contributed by atoms with Crippen LogP contribution in [0.4, 0.5) is 0 Å². The molecule has 0 fully saturated rings. The number of rotatable bonds is 7. The second kappa shape index (κ2) is 7.42. The number of carboxylic acid groups (broad SMARTS) is 1. The van der Waals surface area contributed by atoms with E-state index < -0.39 is 12.3 Å². The van der Waals surface area contributed by atoms with E-state index in [1.54, 1.807) is 17.4 Å². The molecule has 0 bridgehead atoms. The smallest absolute Gasteiger partial charge is 0.370 e. The summed E-state index contributed by atoms with van der Waals surface area (Å²) in [6.07, 6.45) is 3.09. The molecule has 0 amide bonds. The van der Waals surface area contributed by atoms with Gasteiger partial charge in [0, 0.05) is 18.9 Å². The predicted octanol–water partition coefficient (Wildman–Crippen LogP) is 2.34. The first-order valence-electron chi connectivity index (χ1n) is 6.57. The second-order valence-electron chi connectivity index (χ2n) is 4.58. The van der Waals surface area contributed by atoms with Gasteiger partial charge in [0.05, 0.1) is 6.61 Å². The van der Waals surface area contributed by atoms with Gasteiger partial charge < -0.3 is 19.7 Å². The van der Waals surface area contributed by atoms with Gasteiger partial charge in [0.15, 0.2) is 0 Å². The summed E-state index contributed by atoms with van der Waals surface area (Å²) in [6, 6.07) is 1.99. The van der Waals surface area contributed by atoms with Crippen molar-refractivity contribution in [3.05, 3.63) is 34.2 Å². The Bertz CT molecular complexity index is 454. The maximum atomic E-state index is 11.1. The van der Waals surface area contributed by atoms with E-state index in [-0.39, 0.29) is 18.3 Å². The molecule has 1 aliphatic heterocycles. The predicted molar refractivity (Wildman–Crippen MR) is 74.5 cm³/mol. The third-order valence-electron chi connectivity index (χ3n) is 3.10. The zero-order valence-corrected chi connectivity index (χ0v) is 11.8. The number of aliphatic hydroxyl groups excluding tert-OH is 1. The van der Waals surface area contributed by atoms with Gasteiger partial charge in [-0.05, 0) is 41.3 Å². The summed E-state index contributed by atoms with van der Waals surface area (Å²) in [7, 11) is 0. The first-order chi connectivity index (χ1) is 9.70. The number of aliphatic carboxylic acids is 1. The van der Waals surface area contributed by atoms with Crippen molar-refractivity contribution in [1.29, 1.82) is 0 Å². The number of unbranched alkanes of at least 4 members (excludes halogenated alkanes) is 1. The Morgan fingerprint density at radius 1 is 1.50 bits per heavy atom. The van der Waals surface area contributed by atoms with Gasteiger partial charge in [0.2, 0.25) is 12.0 Å². The molecule has 0 unspecified atom stereocenters. The molecule has 2 atom stereocenters. The molecule has 0 aliphatic carbocycles. The third kappa shape index (κ3) is 4.06. The van der Waals surface area contributed by atoms with Gasteiger partial charge in [0.25, 0.3) is 0 Å². The van der Waals surface area contributed by atoms with Gasteiger partial charge in [-0.2, -0.15) is 11.3 Å². The van der Waals surface area contributed by atoms with Crippen molar-refractivity contribution in [2.24, 2.45) is 0 Å². The molecule has 2 rings (SSSR count). The van der Waals surface area contributed by atoms with Crippen molar-refractivity contribution in [3.63, 3.8) is 0 Å². The fourth-order valence-electron chi connectivity index (χ4n) is 2.06. The SMILES string of the molecule is O=C(O)C1=C[C@H](c2ccsc2)C[C@H](OCCCCO)O1. The lowest BCUT2D eigenvalue weighted by molar-refractivity contribution is -0.157. The first kappa shape index (κ1) is 15.0. The van der Waals surface area contributed by atoms with Crippen LogP contribution in [0, 0.1) is 0 Å². The molecule has 0 saturated heterocycles. The normalized spacial score (nSPS) is 22.1. The lowest BCUT2D eigenvalue weighted by atomic mass is 9.95. The minimum absolute atomic E-state index is 0.00365. The van der Waals surface area contributed by atoms with Crippen LogP contribution in [0.2, 0.25) is 0 Å². The highest BCUT2D eigenvalue weighted by molar-refractivity contribution is 7.08. The number of aliphatic hydroxyl groups is 1. The van der Waals surface area contributed by atoms with Crippen molar-refractivity contribution < 1.29 is 24.5 Å². The van der Waals surface area contributed by atoms with Crippen LogP contribution in [0.5, 0.6) is 0 Å². The fraction of sp³-hybridized carbons (Fsp3) is 0.500. The Morgan fingerprint density at radius 2 is 2.35 bits per heavy atom. The number of hydrogen-bond acceptors (Lipinski definition) is 5. The Balaban J connectivity index is 1.99. The summed E-state index contributed by atoms with van der Waals surface area (Å²) in [6.45, 7) is 0.584. The topological polar surface area (TPSA) is 76.0 Å². The van der Waals surface area contributed by atoms with Gasteiger partial charge in [-0.25, -0.2) is 4.79 Å². The highest BCUT2D eigenvalue weighted by atomic mass is 32.1. The van der Waals surface area contributed by atoms with Crippen LogP contribution in [-0.4, -0.2) is 35.7 Å². The Labute approximate surface area is 121 Å². The molecule has 5 nitrogen and oxygen atoms in total. The molecule has 0 radical (unpaired) electrons. The number of hydrogen-bond donors (Lipinski definition) is 2. The zero-order chi connectivity index (χ0) is 14.4. The summed E-state index contributed by atoms with van der Waals surface area (Å²) < 4.78 is 10.9. The van der Waals surface area contributed by atoms with Crippen LogP contribution in [-0.2, 0) is 14.3 Å². The molecular formula is C14H18O5S. The maximum absolute atomic E-state index is 11.1. The van der Waals surface area contributed by atoms with E-state index in [1.807, 2.05) is 16.8 Å². The Morgan fingerprint density at radius 3 is 3.00 bits per heavy atom. The molecule has 1 aliphatic rings. The molecule has 2 N–H and O–H groups in total. The van der Waals surface area contributed by atoms with Crippen molar-refractivity contribution in [2.45, 2.75) is 31.5 Å². The molecule has 0 saturated carbocycles. The summed E-state index contributed by atoms with van der Waals surface area (Å²) in [5, 5.41) is 21.8. The zero-order valence-electron chi connectivity index (χ0n) is 11.0.